The van der Waals surface area contributed by atoms with Crippen LogP contribution in [0.15, 0.2) is 148 Å². The highest BCUT2D eigenvalue weighted by Gasteiger charge is 2.34. The number of halogens is 2. The summed E-state index contributed by atoms with van der Waals surface area (Å²) in [6, 6.07) is 24.1. The Hall–Kier alpha value is -10.9. The first-order valence-electron chi connectivity index (χ1n) is 38.8. The Kier molecular flexibility index (Phi) is 23.1. The van der Waals surface area contributed by atoms with Crippen molar-refractivity contribution in [3.05, 3.63) is 165 Å². The quantitative estimate of drug-likeness (QED) is 0.0339. The van der Waals surface area contributed by atoms with Crippen molar-refractivity contribution >= 4 is 129 Å². The Morgan fingerprint density at radius 1 is 0.482 bits per heavy atom. The normalized spacial score (nSPS) is 16.1. The number of aliphatic hydroxyl groups is 2. The summed E-state index contributed by atoms with van der Waals surface area (Å²) in [6.45, 7) is 12.1. The Morgan fingerprint density at radius 3 is 1.21 bits per heavy atom. The fourth-order valence-corrected chi connectivity index (χ4v) is 16.3. The molecule has 15 aromatic rings. The number of hydrogen-bond donors (Lipinski definition) is 7. The van der Waals surface area contributed by atoms with Gasteiger partial charge in [0.05, 0.1) is 67.8 Å². The molecule has 0 bridgehead atoms. The number of para-hydroxylation sites is 6. The molecule has 114 heavy (non-hydrogen) atoms. The summed E-state index contributed by atoms with van der Waals surface area (Å²) < 4.78 is 14.4. The molecular formula is C79H94BBr2N27O5. The van der Waals surface area contributed by atoms with E-state index in [1.54, 1.807) is 65.3 Å². The summed E-state index contributed by atoms with van der Waals surface area (Å²) in [5.74, 6) is 5.97. The van der Waals surface area contributed by atoms with Crippen LogP contribution in [-0.2, 0) is 27.7 Å². The first-order valence-corrected chi connectivity index (χ1v) is 40.8. The van der Waals surface area contributed by atoms with E-state index in [4.69, 9.17) is 28.0 Å². The number of anilines is 3. The van der Waals surface area contributed by atoms with E-state index in [0.29, 0.717) is 5.46 Å². The van der Waals surface area contributed by atoms with Gasteiger partial charge in [0.2, 0.25) is 0 Å². The van der Waals surface area contributed by atoms with E-state index in [0.717, 1.165) is 208 Å². The van der Waals surface area contributed by atoms with Crippen LogP contribution in [0.3, 0.4) is 0 Å². The molecule has 32 nitrogen and oxygen atoms in total. The molecule has 12 aromatic heterocycles. The minimum Gasteiger partial charge on any atom is -0.387 e. The predicted molar refractivity (Wildman–Crippen MR) is 450 cm³/mol. The number of aromatic amines is 5. The van der Waals surface area contributed by atoms with Crippen molar-refractivity contribution in [2.75, 3.05) is 59.3 Å². The van der Waals surface area contributed by atoms with Crippen molar-refractivity contribution in [1.29, 1.82) is 0 Å². The molecule has 3 aliphatic heterocycles. The molecule has 2 saturated carbocycles. The average molecular weight is 1670 g/mol. The zero-order valence-electron chi connectivity index (χ0n) is 64.9. The number of rotatable bonds is 12. The first-order chi connectivity index (χ1) is 55.1. The van der Waals surface area contributed by atoms with Crippen LogP contribution >= 0.6 is 31.9 Å². The second-order valence-corrected chi connectivity index (χ2v) is 32.3. The Bertz CT molecular complexity index is 5950. The number of imidazole rings is 6. The summed E-state index contributed by atoms with van der Waals surface area (Å²) >= 11 is 6.88. The topological polar surface area (TPSA) is 370 Å². The summed E-state index contributed by atoms with van der Waals surface area (Å²) in [4.78, 5) is 94.8. The maximum Gasteiger partial charge on any atom is 0.326 e. The van der Waals surface area contributed by atoms with Crippen molar-refractivity contribution in [3.8, 4) is 22.8 Å². The van der Waals surface area contributed by atoms with Gasteiger partial charge in [-0.25, -0.2) is 59.2 Å². The summed E-state index contributed by atoms with van der Waals surface area (Å²) in [5.41, 5.74) is 10.8. The maximum atomic E-state index is 12.7. The molecule has 2 aliphatic carbocycles. The van der Waals surface area contributed by atoms with Gasteiger partial charge in [-0.2, -0.15) is 15.3 Å². The smallest absolute Gasteiger partial charge is 0.326 e. The highest BCUT2D eigenvalue weighted by Crippen LogP contribution is 2.37. The number of nitrogens with zero attached hydrogens (tertiary/aromatic N) is 22. The van der Waals surface area contributed by atoms with Crippen LogP contribution in [-0.4, -0.2) is 191 Å². The lowest BCUT2D eigenvalue weighted by molar-refractivity contribution is -0.107. The van der Waals surface area contributed by atoms with E-state index >= 15 is 0 Å². The maximum absolute atomic E-state index is 12.7. The van der Waals surface area contributed by atoms with Crippen LogP contribution in [0.25, 0.3) is 89.4 Å². The Labute approximate surface area is 673 Å². The van der Waals surface area contributed by atoms with Gasteiger partial charge in [0.15, 0.2) is 55.7 Å². The average Bonchev–Trinajstić information content (AvgIpc) is 1.61. The van der Waals surface area contributed by atoms with Crippen LogP contribution < -0.4 is 37.2 Å². The third-order valence-electron chi connectivity index (χ3n) is 22.9. The molecule has 7 N–H and O–H groups in total. The predicted octanol–water partition coefficient (Wildman–Crippen LogP) is 10.3. The molecule has 35 heteroatoms. The van der Waals surface area contributed by atoms with E-state index in [9.17, 15) is 14.4 Å². The number of aryl methyl sites for hydroxylation is 3. The number of nitrogens with one attached hydrogen (secondary N) is 5. The zero-order chi connectivity index (χ0) is 79.5. The van der Waals surface area contributed by atoms with Crippen molar-refractivity contribution in [3.63, 3.8) is 0 Å². The van der Waals surface area contributed by atoms with Crippen molar-refractivity contribution in [2.45, 2.75) is 141 Å². The molecule has 3 saturated heterocycles. The summed E-state index contributed by atoms with van der Waals surface area (Å²) in [7, 11) is 11.1. The van der Waals surface area contributed by atoms with Crippen molar-refractivity contribution < 1.29 is 10.2 Å². The van der Waals surface area contributed by atoms with Crippen LogP contribution in [0.4, 0.5) is 17.5 Å². The molecule has 3 aromatic carbocycles. The van der Waals surface area contributed by atoms with E-state index in [2.05, 4.69) is 128 Å². The van der Waals surface area contributed by atoms with E-state index in [1.165, 1.54) is 43.9 Å². The Morgan fingerprint density at radius 2 is 0.868 bits per heavy atom. The number of hydrogen-bond acceptors (Lipinski definition) is 20. The minimum absolute atomic E-state index is 0.0345. The summed E-state index contributed by atoms with van der Waals surface area (Å²) in [6.07, 6.45) is 29.1. The minimum atomic E-state index is -1.01. The van der Waals surface area contributed by atoms with E-state index in [1.807, 2.05) is 138 Å². The van der Waals surface area contributed by atoms with E-state index in [-0.39, 0.29) is 35.2 Å². The standard InChI is InChI=1S/C26H29N9O.C21H21N9O.C18H18BrN7O.C6H14O2.C5H9Br.C3H3BN2/c1-32-23(18-13-29-34(15-18)14-17-5-4-6-17)31-22-24(32)27-16-28-25(22)33-11-9-19(10-12-33)35-21-8-3-2-7-20(21)30-26(35)36;1-28-18(13-10-24-25-11-13)27-17-19(28)22-12-23-20(17)29-8-6-14(7-9-29)30-16-5-3-2-4-15(16)26-21(30)31;1-24-15-14(23-17(24)19)16(21-10-20-15)25-8-6-11(7-9-25)26-13-5-3-2-4-12(13)22-18(26)27;1-5(2,7)6(3,4)8;6-4-5-2-1-3-5;4-3-1-5-6-2-3/h2-3,7-8,13,15-17,19H,4-6,9-12,14H2,1H3,(H,30,36);2-5,10-12,14H,6-9H2,1H3,(H,24,25)(H,26,31);2-5,10-11H,6-9H2,1H3,(H,22,27);7-8H,1-4H3;5H,1-4H2;1-2H,(H,5,6). The van der Waals surface area contributed by atoms with Crippen molar-refractivity contribution in [2.24, 2.45) is 33.0 Å². The van der Waals surface area contributed by atoms with Gasteiger partial charge in [0.25, 0.3) is 0 Å². The first kappa shape index (κ1) is 78.4. The fraction of sp³-hybridized carbons (Fsp3) is 0.430. The second kappa shape index (κ2) is 33.6. The third-order valence-corrected chi connectivity index (χ3v) is 24.5. The van der Waals surface area contributed by atoms with Gasteiger partial charge in [-0.3, -0.25) is 28.6 Å². The zero-order valence-corrected chi connectivity index (χ0v) is 68.1. The van der Waals surface area contributed by atoms with Gasteiger partial charge in [-0.1, -0.05) is 70.6 Å². The number of alkyl halides is 1. The molecule has 0 spiro atoms. The molecule has 15 heterocycles. The molecular weight excluding hydrogens is 1580 g/mol. The van der Waals surface area contributed by atoms with Gasteiger partial charge < -0.3 is 53.6 Å². The highest BCUT2D eigenvalue weighted by atomic mass is 79.9. The lowest BCUT2D eigenvalue weighted by atomic mass is 9.85. The van der Waals surface area contributed by atoms with Crippen LogP contribution in [0.2, 0.25) is 0 Å². The van der Waals surface area contributed by atoms with Gasteiger partial charge in [-0.15, -0.1) is 0 Å². The number of benzene rings is 3. The molecule has 5 fully saturated rings. The molecule has 20 rings (SSSR count). The monoisotopic (exact) mass is 1670 g/mol. The number of piperidine rings is 3. The molecule has 0 unspecified atom stereocenters. The molecule has 0 amide bonds. The van der Waals surface area contributed by atoms with Crippen LogP contribution in [0, 0.1) is 11.8 Å². The largest absolute Gasteiger partial charge is 0.387 e. The van der Waals surface area contributed by atoms with Crippen LogP contribution in [0.1, 0.15) is 123 Å². The highest BCUT2D eigenvalue weighted by molar-refractivity contribution is 9.10. The van der Waals surface area contributed by atoms with Gasteiger partial charge in [0, 0.05) is 115 Å². The number of fused-ring (bicyclic) bond motifs is 6. The molecule has 2 radical (unpaired) electrons. The molecule has 592 valence electrons. The summed E-state index contributed by atoms with van der Waals surface area (Å²) in [5, 5.41) is 37.0. The molecule has 5 aliphatic rings. The number of H-pyrrole nitrogens is 5. The van der Waals surface area contributed by atoms with Gasteiger partial charge >= 0.3 is 17.1 Å². The fourth-order valence-electron chi connectivity index (χ4n) is 15.3. The van der Waals surface area contributed by atoms with Crippen molar-refractivity contribution in [1.82, 2.24) is 117 Å². The lowest BCUT2D eigenvalue weighted by Crippen LogP contribution is -2.44. The number of aromatic nitrogens is 24. The SMILES string of the molecule is BrCC1CCC1.CC(C)(O)C(C)(C)O.Cn1c(-c2cn[nH]c2)nc2c(N3CCC(n4c(=O)[nH]c5ccccc54)CC3)ncnc21.Cn1c(-c2cnn(CC3CCC3)c2)nc2c(N3CCC(n4c(=O)[nH]c5ccccc54)CC3)ncnc21.Cn1c(Br)nc2c(N3CCC(n4c(=O)[nH]c5ccccc54)CC3)ncnc21.[B]c1cn[nH]c1. The third kappa shape index (κ3) is 16.5. The lowest BCUT2D eigenvalue weighted by Gasteiger charge is -2.33. The van der Waals surface area contributed by atoms with Gasteiger partial charge in [0.1, 0.15) is 38.5 Å². The van der Waals surface area contributed by atoms with Gasteiger partial charge in [-0.05, 0) is 156 Å². The molecule has 0 atom stereocenters. The second-order valence-electron chi connectivity index (χ2n) is 31.0. The Balaban J connectivity index is 0.000000120. The van der Waals surface area contributed by atoms with E-state index < -0.39 is 11.2 Å². The van der Waals surface area contributed by atoms with Crippen LogP contribution in [0.5, 0.6) is 0 Å².